The molecule has 2 aromatic rings. The lowest BCUT2D eigenvalue weighted by Crippen LogP contribution is -2.04. The third kappa shape index (κ3) is 2.76. The van der Waals surface area contributed by atoms with Crippen molar-refractivity contribution in [1.82, 2.24) is 0 Å². The highest BCUT2D eigenvalue weighted by Gasteiger charge is 2.26. The first-order valence-corrected chi connectivity index (χ1v) is 7.24. The third-order valence-electron chi connectivity index (χ3n) is 2.58. The average molecular weight is 397 g/mol. The Bertz CT molecular complexity index is 729. The Balaban J connectivity index is 1.92. The molecule has 4 nitrogen and oxygen atoms in total. The summed E-state index contributed by atoms with van der Waals surface area (Å²) in [4.78, 5) is 15.9. The summed E-state index contributed by atoms with van der Waals surface area (Å²) in [7, 11) is 0. The van der Waals surface area contributed by atoms with Crippen molar-refractivity contribution in [1.29, 1.82) is 0 Å². The smallest absolute Gasteiger partial charge is 0.363 e. The van der Waals surface area contributed by atoms with Gasteiger partial charge in [-0.15, -0.1) is 0 Å². The summed E-state index contributed by atoms with van der Waals surface area (Å²) in [5.41, 5.74) is 1.11. The van der Waals surface area contributed by atoms with Gasteiger partial charge in [0.25, 0.3) is 5.90 Å². The minimum Gasteiger partial charge on any atom is -0.444 e. The molecule has 0 fully saturated rings. The van der Waals surface area contributed by atoms with Gasteiger partial charge in [0.2, 0.25) is 0 Å². The number of esters is 1. The fourth-order valence-corrected chi connectivity index (χ4v) is 2.23. The van der Waals surface area contributed by atoms with E-state index in [4.69, 9.17) is 9.15 Å². The summed E-state index contributed by atoms with van der Waals surface area (Å²) in [6.07, 6.45) is 1.67. The van der Waals surface area contributed by atoms with Crippen LogP contribution in [0, 0.1) is 0 Å². The van der Waals surface area contributed by atoms with Crippen LogP contribution in [-0.4, -0.2) is 11.9 Å². The number of hydrogen-bond donors (Lipinski definition) is 0. The number of carbonyl (C=O) groups is 1. The number of carbonyl (C=O) groups excluding carboxylic acids is 1. The molecule has 20 heavy (non-hydrogen) atoms. The quantitative estimate of drug-likeness (QED) is 0.566. The number of rotatable bonds is 2. The monoisotopic (exact) mass is 395 g/mol. The largest absolute Gasteiger partial charge is 0.444 e. The normalized spacial score (nSPS) is 16.4. The molecule has 0 radical (unpaired) electrons. The molecule has 1 aromatic heterocycles. The van der Waals surface area contributed by atoms with Crippen molar-refractivity contribution in [3.05, 3.63) is 62.6 Å². The van der Waals surface area contributed by atoms with Gasteiger partial charge in [-0.3, -0.25) is 0 Å². The van der Waals surface area contributed by atoms with E-state index in [9.17, 15) is 4.79 Å². The second kappa shape index (κ2) is 5.38. The summed E-state index contributed by atoms with van der Waals surface area (Å²) >= 11 is 6.54. The molecule has 0 saturated heterocycles. The lowest BCUT2D eigenvalue weighted by molar-refractivity contribution is -0.130. The maximum atomic E-state index is 11.8. The highest BCUT2D eigenvalue weighted by atomic mass is 79.9. The van der Waals surface area contributed by atoms with E-state index in [1.807, 2.05) is 24.3 Å². The van der Waals surface area contributed by atoms with Crippen LogP contribution < -0.4 is 0 Å². The van der Waals surface area contributed by atoms with E-state index in [0.717, 1.165) is 10.0 Å². The predicted molar refractivity (Wildman–Crippen MR) is 81.2 cm³/mol. The molecule has 0 bridgehead atoms. The first kappa shape index (κ1) is 13.3. The molecule has 0 N–H and O–H groups in total. The summed E-state index contributed by atoms with van der Waals surface area (Å²) < 4.78 is 11.9. The Morgan fingerprint density at radius 2 is 1.80 bits per heavy atom. The summed E-state index contributed by atoms with van der Waals surface area (Å²) in [5.74, 6) is 0.0870. The lowest BCUT2D eigenvalue weighted by atomic mass is 10.2. The number of aliphatic imine (C=N–C) groups is 1. The summed E-state index contributed by atoms with van der Waals surface area (Å²) in [5, 5.41) is 0. The van der Waals surface area contributed by atoms with E-state index in [0.29, 0.717) is 10.4 Å². The van der Waals surface area contributed by atoms with E-state index in [1.54, 1.807) is 18.2 Å². The Labute approximate surface area is 131 Å². The minimum atomic E-state index is -0.490. The number of cyclic esters (lactones) is 1. The molecule has 2 heterocycles. The van der Waals surface area contributed by atoms with Crippen molar-refractivity contribution in [2.75, 3.05) is 0 Å². The maximum absolute atomic E-state index is 11.8. The van der Waals surface area contributed by atoms with E-state index < -0.39 is 5.97 Å². The molecule has 1 aromatic carbocycles. The van der Waals surface area contributed by atoms with Crippen LogP contribution in [0.3, 0.4) is 0 Å². The van der Waals surface area contributed by atoms with Crippen molar-refractivity contribution in [3.63, 3.8) is 0 Å². The Morgan fingerprint density at radius 1 is 1.05 bits per heavy atom. The molecular weight excluding hydrogens is 390 g/mol. The van der Waals surface area contributed by atoms with Crippen molar-refractivity contribution in [2.24, 2.45) is 4.99 Å². The van der Waals surface area contributed by atoms with Crippen LogP contribution in [0.5, 0.6) is 0 Å². The molecular formula is C14H7Br2NO3. The SMILES string of the molecule is O=C1OC(c2ccc(Br)o2)=N/C1=C/c1ccc(Br)cc1. The van der Waals surface area contributed by atoms with Crippen molar-refractivity contribution >= 4 is 49.8 Å². The van der Waals surface area contributed by atoms with Gasteiger partial charge in [-0.2, -0.15) is 0 Å². The summed E-state index contributed by atoms with van der Waals surface area (Å²) in [6, 6.07) is 10.9. The molecule has 0 aliphatic carbocycles. The number of ether oxygens (including phenoxy) is 1. The second-order valence-corrected chi connectivity index (χ2v) is 5.69. The number of halogens is 2. The Morgan fingerprint density at radius 3 is 2.45 bits per heavy atom. The first-order valence-electron chi connectivity index (χ1n) is 5.66. The molecule has 1 aliphatic rings. The van der Waals surface area contributed by atoms with Crippen LogP contribution in [0.15, 0.2) is 60.6 Å². The van der Waals surface area contributed by atoms with Gasteiger partial charge in [0.1, 0.15) is 0 Å². The van der Waals surface area contributed by atoms with Gasteiger partial charge < -0.3 is 9.15 Å². The Hall–Kier alpha value is -1.66. The molecule has 1 aliphatic heterocycles. The van der Waals surface area contributed by atoms with Crippen molar-refractivity contribution < 1.29 is 13.9 Å². The van der Waals surface area contributed by atoms with Gasteiger partial charge in [0.15, 0.2) is 16.1 Å². The maximum Gasteiger partial charge on any atom is 0.363 e. The van der Waals surface area contributed by atoms with Crippen LogP contribution >= 0.6 is 31.9 Å². The van der Waals surface area contributed by atoms with Gasteiger partial charge in [-0.25, -0.2) is 9.79 Å². The lowest BCUT2D eigenvalue weighted by Gasteiger charge is -1.94. The summed E-state index contributed by atoms with van der Waals surface area (Å²) in [6.45, 7) is 0. The zero-order chi connectivity index (χ0) is 14.1. The van der Waals surface area contributed by atoms with Crippen molar-refractivity contribution in [2.45, 2.75) is 0 Å². The van der Waals surface area contributed by atoms with Gasteiger partial charge in [0.05, 0.1) is 0 Å². The van der Waals surface area contributed by atoms with Gasteiger partial charge in [0, 0.05) is 4.47 Å². The standard InChI is InChI=1S/C14H7Br2NO3/c15-9-3-1-8(2-4-9)7-10-14(18)20-13(17-10)11-5-6-12(16)19-11/h1-7H/b10-7+. The Kier molecular flexibility index (Phi) is 3.58. The van der Waals surface area contributed by atoms with Crippen LogP contribution in [0.4, 0.5) is 0 Å². The molecule has 0 atom stereocenters. The number of nitrogens with zero attached hydrogens (tertiary/aromatic N) is 1. The van der Waals surface area contributed by atoms with Gasteiger partial charge in [-0.05, 0) is 51.8 Å². The van der Waals surface area contributed by atoms with E-state index in [2.05, 4.69) is 36.9 Å². The molecule has 0 saturated carbocycles. The number of hydrogen-bond acceptors (Lipinski definition) is 4. The molecule has 6 heteroatoms. The topological polar surface area (TPSA) is 51.8 Å². The molecule has 3 rings (SSSR count). The van der Waals surface area contributed by atoms with Crippen LogP contribution in [0.2, 0.25) is 0 Å². The molecule has 100 valence electrons. The van der Waals surface area contributed by atoms with E-state index in [1.165, 1.54) is 0 Å². The highest BCUT2D eigenvalue weighted by Crippen LogP contribution is 2.22. The molecule has 0 unspecified atom stereocenters. The van der Waals surface area contributed by atoms with Crippen LogP contribution in [0.1, 0.15) is 11.3 Å². The minimum absolute atomic E-state index is 0.170. The fourth-order valence-electron chi connectivity index (χ4n) is 1.66. The van der Waals surface area contributed by atoms with Crippen LogP contribution in [0.25, 0.3) is 6.08 Å². The highest BCUT2D eigenvalue weighted by molar-refractivity contribution is 9.10. The number of furan rings is 1. The third-order valence-corrected chi connectivity index (χ3v) is 3.53. The van der Waals surface area contributed by atoms with E-state index in [-0.39, 0.29) is 11.6 Å². The average Bonchev–Trinajstić information content (AvgIpc) is 3.00. The van der Waals surface area contributed by atoms with Crippen LogP contribution in [-0.2, 0) is 9.53 Å². The van der Waals surface area contributed by atoms with Crippen molar-refractivity contribution in [3.8, 4) is 0 Å². The van der Waals surface area contributed by atoms with Gasteiger partial charge >= 0.3 is 5.97 Å². The second-order valence-electron chi connectivity index (χ2n) is 3.99. The molecule has 0 amide bonds. The first-order chi connectivity index (χ1) is 9.61. The van der Waals surface area contributed by atoms with E-state index >= 15 is 0 Å². The van der Waals surface area contributed by atoms with Gasteiger partial charge in [-0.1, -0.05) is 28.1 Å². The fraction of sp³-hybridized carbons (Fsp3) is 0. The predicted octanol–water partition coefficient (Wildman–Crippen LogP) is 4.15. The zero-order valence-corrected chi connectivity index (χ0v) is 13.1. The zero-order valence-electron chi connectivity index (χ0n) is 9.97. The molecule has 0 spiro atoms. The number of benzene rings is 1.